The number of nitrogens with zero attached hydrogens (tertiary/aromatic N) is 1. The summed E-state index contributed by atoms with van der Waals surface area (Å²) in [7, 11) is 0. The molecule has 2 N–H and O–H groups in total. The zero-order valence-electron chi connectivity index (χ0n) is 12.5. The lowest BCUT2D eigenvalue weighted by Crippen LogP contribution is -2.39. The molecule has 5 nitrogen and oxygen atoms in total. The first-order chi connectivity index (χ1) is 10.5. The Morgan fingerprint density at radius 3 is 2.41 bits per heavy atom. The molecule has 0 atom stereocenters. The van der Waals surface area contributed by atoms with E-state index < -0.39 is 11.8 Å². The number of hydrogen-bond acceptors (Lipinski definition) is 3. The van der Waals surface area contributed by atoms with Crippen molar-refractivity contribution >= 4 is 23.2 Å². The Balaban J connectivity index is 2.16. The molecule has 2 amide bonds. The number of likely N-dealkylation sites (N-methyl/N-ethyl adjacent to an activating group) is 1. The van der Waals surface area contributed by atoms with Gasteiger partial charge in [-0.15, -0.1) is 0 Å². The highest BCUT2D eigenvalue weighted by Gasteiger charge is 2.22. The second kappa shape index (κ2) is 6.76. The highest BCUT2D eigenvalue weighted by Crippen LogP contribution is 2.24. The van der Waals surface area contributed by atoms with Crippen molar-refractivity contribution < 1.29 is 14.7 Å². The minimum atomic E-state index is -0.787. The van der Waals surface area contributed by atoms with E-state index in [1.54, 1.807) is 43.3 Å². The molecule has 2 aromatic rings. The predicted octanol–water partition coefficient (Wildman–Crippen LogP) is 2.69. The summed E-state index contributed by atoms with van der Waals surface area (Å²) < 4.78 is 0. The fourth-order valence-electron chi connectivity index (χ4n) is 2.10. The van der Waals surface area contributed by atoms with Crippen molar-refractivity contribution in [1.82, 2.24) is 0 Å². The standard InChI is InChI=1S/C17H18N2O3/c1-3-19(13-7-5-4-6-8-13)17(22)16(21)18-14-10-9-12(2)11-15(14)20/h4-11,20H,3H2,1-2H3,(H,18,21). The van der Waals surface area contributed by atoms with Crippen molar-refractivity contribution in [2.24, 2.45) is 0 Å². The molecular weight excluding hydrogens is 280 g/mol. The molecule has 0 saturated heterocycles. The van der Waals surface area contributed by atoms with E-state index in [4.69, 9.17) is 0 Å². The Morgan fingerprint density at radius 1 is 1.14 bits per heavy atom. The highest BCUT2D eigenvalue weighted by atomic mass is 16.3. The van der Waals surface area contributed by atoms with Crippen molar-refractivity contribution in [1.29, 1.82) is 0 Å². The largest absolute Gasteiger partial charge is 0.506 e. The Bertz CT molecular complexity index is 684. The Hall–Kier alpha value is -2.82. The summed E-state index contributed by atoms with van der Waals surface area (Å²) in [5, 5.41) is 12.2. The van der Waals surface area contributed by atoms with Crippen LogP contribution in [0.25, 0.3) is 0 Å². The third-order valence-electron chi connectivity index (χ3n) is 3.22. The molecule has 5 heteroatoms. The van der Waals surface area contributed by atoms with Gasteiger partial charge in [-0.05, 0) is 43.7 Å². The average Bonchev–Trinajstić information content (AvgIpc) is 2.51. The maximum Gasteiger partial charge on any atom is 0.316 e. The van der Waals surface area contributed by atoms with Crippen LogP contribution < -0.4 is 10.2 Å². The molecule has 0 radical (unpaired) electrons. The van der Waals surface area contributed by atoms with Crippen LogP contribution in [-0.2, 0) is 9.59 Å². The van der Waals surface area contributed by atoms with Crippen LogP contribution in [0.5, 0.6) is 5.75 Å². The third-order valence-corrected chi connectivity index (χ3v) is 3.22. The molecule has 0 aliphatic heterocycles. The molecule has 0 spiro atoms. The predicted molar refractivity (Wildman–Crippen MR) is 85.9 cm³/mol. The molecule has 0 aliphatic rings. The third kappa shape index (κ3) is 3.44. The van der Waals surface area contributed by atoms with Crippen LogP contribution in [0.15, 0.2) is 48.5 Å². The normalized spacial score (nSPS) is 10.1. The number of amides is 2. The van der Waals surface area contributed by atoms with E-state index in [9.17, 15) is 14.7 Å². The molecule has 22 heavy (non-hydrogen) atoms. The molecule has 0 aromatic heterocycles. The first-order valence-electron chi connectivity index (χ1n) is 7.00. The van der Waals surface area contributed by atoms with Crippen molar-refractivity contribution in [2.75, 3.05) is 16.8 Å². The molecule has 0 aliphatic carbocycles. The lowest BCUT2D eigenvalue weighted by atomic mass is 10.2. The topological polar surface area (TPSA) is 69.6 Å². The molecule has 2 rings (SSSR count). The van der Waals surface area contributed by atoms with Crippen LogP contribution in [0.2, 0.25) is 0 Å². The van der Waals surface area contributed by atoms with Crippen LogP contribution in [0, 0.1) is 6.92 Å². The summed E-state index contributed by atoms with van der Waals surface area (Å²) in [6.45, 7) is 3.99. The zero-order chi connectivity index (χ0) is 16.1. The van der Waals surface area contributed by atoms with Crippen LogP contribution in [0.1, 0.15) is 12.5 Å². The van der Waals surface area contributed by atoms with Gasteiger partial charge in [0.25, 0.3) is 0 Å². The smallest absolute Gasteiger partial charge is 0.316 e. The van der Waals surface area contributed by atoms with Crippen molar-refractivity contribution in [2.45, 2.75) is 13.8 Å². The summed E-state index contributed by atoms with van der Waals surface area (Å²) in [6, 6.07) is 13.8. The van der Waals surface area contributed by atoms with Gasteiger partial charge < -0.3 is 15.3 Å². The maximum atomic E-state index is 12.3. The number of aryl methyl sites for hydroxylation is 1. The number of para-hydroxylation sites is 1. The van der Waals surface area contributed by atoms with Crippen LogP contribution >= 0.6 is 0 Å². The quantitative estimate of drug-likeness (QED) is 0.676. The second-order valence-corrected chi connectivity index (χ2v) is 4.86. The highest BCUT2D eigenvalue weighted by molar-refractivity contribution is 6.44. The van der Waals surface area contributed by atoms with Gasteiger partial charge in [0.1, 0.15) is 5.75 Å². The van der Waals surface area contributed by atoms with Gasteiger partial charge in [0.2, 0.25) is 0 Å². The second-order valence-electron chi connectivity index (χ2n) is 4.86. The minimum Gasteiger partial charge on any atom is -0.506 e. The van der Waals surface area contributed by atoms with Gasteiger partial charge in [0.05, 0.1) is 5.69 Å². The van der Waals surface area contributed by atoms with Crippen LogP contribution in [0.3, 0.4) is 0 Å². The van der Waals surface area contributed by atoms with Gasteiger partial charge in [-0.1, -0.05) is 24.3 Å². The van der Waals surface area contributed by atoms with Crippen molar-refractivity contribution in [3.05, 3.63) is 54.1 Å². The van der Waals surface area contributed by atoms with E-state index in [0.717, 1.165) is 5.56 Å². The van der Waals surface area contributed by atoms with Crippen molar-refractivity contribution in [3.63, 3.8) is 0 Å². The number of phenols is 1. The molecule has 0 heterocycles. The van der Waals surface area contributed by atoms with Crippen LogP contribution in [-0.4, -0.2) is 23.5 Å². The van der Waals surface area contributed by atoms with Crippen LogP contribution in [0.4, 0.5) is 11.4 Å². The molecule has 0 bridgehead atoms. The van der Waals surface area contributed by atoms with E-state index in [-0.39, 0.29) is 11.4 Å². The summed E-state index contributed by atoms with van der Waals surface area (Å²) in [4.78, 5) is 25.8. The number of nitrogens with one attached hydrogen (secondary N) is 1. The maximum absolute atomic E-state index is 12.3. The van der Waals surface area contributed by atoms with E-state index >= 15 is 0 Å². The van der Waals surface area contributed by atoms with Gasteiger partial charge in [0.15, 0.2) is 0 Å². The number of phenolic OH excluding ortho intramolecular Hbond substituents is 1. The molecule has 114 valence electrons. The number of hydrogen-bond donors (Lipinski definition) is 2. The summed E-state index contributed by atoms with van der Waals surface area (Å²) in [5.41, 5.74) is 1.73. The SMILES string of the molecule is CCN(C(=O)C(=O)Nc1ccc(C)cc1O)c1ccccc1. The molecular formula is C17H18N2O3. The molecule has 0 saturated carbocycles. The monoisotopic (exact) mass is 298 g/mol. The van der Waals surface area contributed by atoms with E-state index in [0.29, 0.717) is 12.2 Å². The number of benzene rings is 2. The number of carbonyl (C=O) groups is 2. The van der Waals surface area contributed by atoms with Gasteiger partial charge in [-0.3, -0.25) is 9.59 Å². The number of anilines is 2. The fourth-order valence-corrected chi connectivity index (χ4v) is 2.10. The molecule has 0 fully saturated rings. The Kier molecular flexibility index (Phi) is 4.78. The molecule has 2 aromatic carbocycles. The first kappa shape index (κ1) is 15.6. The minimum absolute atomic E-state index is 0.0658. The fraction of sp³-hybridized carbons (Fsp3) is 0.176. The first-order valence-corrected chi connectivity index (χ1v) is 7.00. The van der Waals surface area contributed by atoms with Gasteiger partial charge in [-0.2, -0.15) is 0 Å². The lowest BCUT2D eigenvalue weighted by Gasteiger charge is -2.20. The number of aromatic hydroxyl groups is 1. The van der Waals surface area contributed by atoms with E-state index in [1.165, 1.54) is 11.0 Å². The number of carbonyl (C=O) groups excluding carboxylic acids is 2. The summed E-state index contributed by atoms with van der Waals surface area (Å²) in [5.74, 6) is -1.53. The summed E-state index contributed by atoms with van der Waals surface area (Å²) >= 11 is 0. The average molecular weight is 298 g/mol. The Morgan fingerprint density at radius 2 is 1.82 bits per heavy atom. The van der Waals surface area contributed by atoms with E-state index in [2.05, 4.69) is 5.32 Å². The lowest BCUT2D eigenvalue weighted by molar-refractivity contribution is -0.134. The van der Waals surface area contributed by atoms with Crippen molar-refractivity contribution in [3.8, 4) is 5.75 Å². The van der Waals surface area contributed by atoms with Gasteiger partial charge in [0, 0.05) is 12.2 Å². The molecule has 0 unspecified atom stereocenters. The van der Waals surface area contributed by atoms with Gasteiger partial charge in [-0.25, -0.2) is 0 Å². The van der Waals surface area contributed by atoms with E-state index in [1.807, 2.05) is 13.0 Å². The summed E-state index contributed by atoms with van der Waals surface area (Å²) in [6.07, 6.45) is 0. The van der Waals surface area contributed by atoms with Gasteiger partial charge >= 0.3 is 11.8 Å². The zero-order valence-corrected chi connectivity index (χ0v) is 12.5. The Labute approximate surface area is 129 Å². The number of rotatable bonds is 3.